The van der Waals surface area contributed by atoms with Crippen LogP contribution in [-0.4, -0.2) is 0 Å². The minimum Gasteiger partial charge on any atom is -0.0990 e. The summed E-state index contributed by atoms with van der Waals surface area (Å²) in [7, 11) is 0. The smallest absolute Gasteiger partial charge is 0.0116 e. The van der Waals surface area contributed by atoms with Gasteiger partial charge in [-0.3, -0.25) is 0 Å². The second-order valence-electron chi connectivity index (χ2n) is 2.30. The van der Waals surface area contributed by atoms with Gasteiger partial charge in [0.1, 0.15) is 0 Å². The quantitative estimate of drug-likeness (QED) is 0.503. The molecule has 0 aliphatic carbocycles. The van der Waals surface area contributed by atoms with Gasteiger partial charge in [0.25, 0.3) is 0 Å². The van der Waals surface area contributed by atoms with E-state index in [0.717, 1.165) is 4.91 Å². The molecule has 0 aliphatic rings. The lowest BCUT2D eigenvalue weighted by atomic mass is 10.4. The van der Waals surface area contributed by atoms with Crippen LogP contribution in [0, 0.1) is 0 Å². The molecule has 17 heavy (non-hydrogen) atoms. The largest absolute Gasteiger partial charge is 0.0990 e. The third-order valence-electron chi connectivity index (χ3n) is 1.33. The van der Waals surface area contributed by atoms with Gasteiger partial charge in [-0.15, -0.1) is 0 Å². The van der Waals surface area contributed by atoms with E-state index in [1.807, 2.05) is 59.8 Å². The first kappa shape index (κ1) is 21.3. The maximum atomic E-state index is 3.74. The van der Waals surface area contributed by atoms with E-state index in [-0.39, 0.29) is 0 Å². The Hall–Kier alpha value is -0.950. The summed E-state index contributed by atoms with van der Waals surface area (Å²) in [5.41, 5.74) is 0. The molecule has 0 rings (SSSR count). The molecule has 0 aromatic carbocycles. The van der Waals surface area contributed by atoms with Gasteiger partial charge in [-0.05, 0) is 19.9 Å². The van der Waals surface area contributed by atoms with Crippen molar-refractivity contribution in [3.8, 4) is 0 Å². The Balaban J connectivity index is -0.000000439. The van der Waals surface area contributed by atoms with Gasteiger partial charge in [-0.25, -0.2) is 0 Å². The predicted octanol–water partition coefficient (Wildman–Crippen LogP) is 6.51. The lowest BCUT2D eigenvalue weighted by Crippen LogP contribution is -1.72. The fourth-order valence-electron chi connectivity index (χ4n) is 0.749. The Morgan fingerprint density at radius 1 is 0.941 bits per heavy atom. The summed E-state index contributed by atoms with van der Waals surface area (Å²) in [6, 6.07) is 0. The summed E-state index contributed by atoms with van der Waals surface area (Å²) in [6.07, 6.45) is 11.7. The van der Waals surface area contributed by atoms with Gasteiger partial charge in [0.05, 0.1) is 0 Å². The van der Waals surface area contributed by atoms with E-state index in [0.29, 0.717) is 0 Å². The maximum Gasteiger partial charge on any atom is 0.0116 e. The minimum atomic E-state index is 1.11. The molecule has 0 nitrogen and oxygen atoms in total. The Morgan fingerprint density at radius 3 is 1.76 bits per heavy atom. The average molecular weight is 252 g/mol. The topological polar surface area (TPSA) is 0 Å². The van der Waals surface area contributed by atoms with Crippen LogP contribution in [0.3, 0.4) is 0 Å². The summed E-state index contributed by atoms with van der Waals surface area (Å²) in [6.45, 7) is 19.4. The van der Waals surface area contributed by atoms with Gasteiger partial charge < -0.3 is 0 Å². The maximum absolute atomic E-state index is 3.74. The van der Waals surface area contributed by atoms with Crippen LogP contribution >= 0.6 is 11.8 Å². The van der Waals surface area contributed by atoms with E-state index in [1.165, 1.54) is 4.91 Å². The van der Waals surface area contributed by atoms with Crippen molar-refractivity contribution in [1.82, 2.24) is 0 Å². The highest BCUT2D eigenvalue weighted by Crippen LogP contribution is 2.26. The molecule has 0 amide bonds. The van der Waals surface area contributed by atoms with Crippen molar-refractivity contribution in [3.63, 3.8) is 0 Å². The lowest BCUT2D eigenvalue weighted by molar-refractivity contribution is 1.50. The van der Waals surface area contributed by atoms with Crippen LogP contribution in [0.4, 0.5) is 0 Å². The highest BCUT2D eigenvalue weighted by atomic mass is 32.2. The van der Waals surface area contributed by atoms with Crippen molar-refractivity contribution in [3.05, 3.63) is 59.4 Å². The highest BCUT2D eigenvalue weighted by Gasteiger charge is 1.94. The highest BCUT2D eigenvalue weighted by molar-refractivity contribution is 8.07. The van der Waals surface area contributed by atoms with Crippen LogP contribution in [0.1, 0.15) is 41.5 Å². The van der Waals surface area contributed by atoms with Crippen LogP contribution in [0.25, 0.3) is 0 Å². The molecule has 0 aromatic rings. The summed E-state index contributed by atoms with van der Waals surface area (Å²) in [4.78, 5) is 2.33. The van der Waals surface area contributed by atoms with E-state index in [2.05, 4.69) is 25.3 Å². The van der Waals surface area contributed by atoms with Gasteiger partial charge in [-0.1, -0.05) is 83.0 Å². The number of allylic oxidation sites excluding steroid dienone is 6. The van der Waals surface area contributed by atoms with Crippen molar-refractivity contribution < 1.29 is 0 Å². The minimum absolute atomic E-state index is 1.11. The zero-order valence-electron chi connectivity index (χ0n) is 12.3. The average Bonchev–Trinajstić information content (AvgIpc) is 2.42. The zero-order valence-corrected chi connectivity index (χ0v) is 13.1. The van der Waals surface area contributed by atoms with Crippen molar-refractivity contribution in [1.29, 1.82) is 0 Å². The third-order valence-corrected chi connectivity index (χ3v) is 2.48. The van der Waals surface area contributed by atoms with Crippen molar-refractivity contribution in [2.24, 2.45) is 0 Å². The molecule has 0 aromatic heterocycles. The Morgan fingerprint density at radius 2 is 1.47 bits per heavy atom. The molecule has 0 saturated heterocycles. The molecule has 0 fully saturated rings. The molecule has 0 bridgehead atoms. The molecule has 0 spiro atoms. The molecule has 0 N–H and O–H groups in total. The van der Waals surface area contributed by atoms with Crippen LogP contribution in [-0.2, 0) is 0 Å². The van der Waals surface area contributed by atoms with Crippen molar-refractivity contribution in [2.75, 3.05) is 0 Å². The normalized spacial score (nSPS) is 10.9. The van der Waals surface area contributed by atoms with Crippen LogP contribution in [0.2, 0.25) is 0 Å². The Bertz CT molecular complexity index is 255. The summed E-state index contributed by atoms with van der Waals surface area (Å²) in [5, 5.41) is 0. The molecule has 0 radical (unpaired) electrons. The van der Waals surface area contributed by atoms with E-state index < -0.39 is 0 Å². The van der Waals surface area contributed by atoms with E-state index in [1.54, 1.807) is 17.8 Å². The van der Waals surface area contributed by atoms with Gasteiger partial charge in [0.2, 0.25) is 0 Å². The first-order valence-electron chi connectivity index (χ1n) is 6.20. The fourth-order valence-corrected chi connectivity index (χ4v) is 1.59. The van der Waals surface area contributed by atoms with Crippen LogP contribution < -0.4 is 0 Å². The number of thioether (sulfide) groups is 1. The monoisotopic (exact) mass is 252 g/mol. The van der Waals surface area contributed by atoms with E-state index >= 15 is 0 Å². The second-order valence-corrected chi connectivity index (χ2v) is 3.45. The molecule has 0 heterocycles. The Labute approximate surface area is 113 Å². The standard InChI is InChI=1S/C12H16S.2C2H6/c1-5-9-11(7-3)13-12(8-4)10-6-2;2*1-2/h5-10H,1,3H2,2,4H3;2*1-2H3/b10-6-,11-9+,12-8+;;. The zero-order chi connectivity index (χ0) is 14.1. The SMILES string of the molecule is C=C/C=C(\C=C)SC(/C=C\C)=C/C.CC.CC. The molecular weight excluding hydrogens is 224 g/mol. The first-order chi connectivity index (χ1) is 8.28. The van der Waals surface area contributed by atoms with E-state index in [9.17, 15) is 0 Å². The fraction of sp³-hybridized carbons (Fsp3) is 0.375. The van der Waals surface area contributed by atoms with Crippen LogP contribution in [0.5, 0.6) is 0 Å². The van der Waals surface area contributed by atoms with Crippen LogP contribution in [0.15, 0.2) is 59.4 Å². The number of rotatable bonds is 5. The lowest BCUT2D eigenvalue weighted by Gasteiger charge is -2.00. The summed E-state index contributed by atoms with van der Waals surface area (Å²) in [5.74, 6) is 0. The first-order valence-corrected chi connectivity index (χ1v) is 7.02. The summed E-state index contributed by atoms with van der Waals surface area (Å²) >= 11 is 1.69. The van der Waals surface area contributed by atoms with Gasteiger partial charge in [0, 0.05) is 9.81 Å². The van der Waals surface area contributed by atoms with Crippen molar-refractivity contribution in [2.45, 2.75) is 41.5 Å². The van der Waals surface area contributed by atoms with Gasteiger partial charge in [-0.2, -0.15) is 0 Å². The second kappa shape index (κ2) is 20.5. The third kappa shape index (κ3) is 15.1. The molecule has 98 valence electrons. The van der Waals surface area contributed by atoms with Gasteiger partial charge >= 0.3 is 0 Å². The number of hydrogen-bond donors (Lipinski definition) is 0. The molecule has 1 heteroatoms. The molecule has 0 saturated carbocycles. The molecule has 0 unspecified atom stereocenters. The number of hydrogen-bond acceptors (Lipinski definition) is 1. The molecular formula is C16H28S. The van der Waals surface area contributed by atoms with E-state index in [4.69, 9.17) is 0 Å². The van der Waals surface area contributed by atoms with Crippen molar-refractivity contribution >= 4 is 11.8 Å². The molecule has 0 atom stereocenters. The van der Waals surface area contributed by atoms with Gasteiger partial charge in [0.15, 0.2) is 0 Å². The summed E-state index contributed by atoms with van der Waals surface area (Å²) < 4.78 is 0. The Kier molecular flexibility index (Phi) is 25.7. The predicted molar refractivity (Wildman–Crippen MR) is 87.3 cm³/mol. The molecule has 0 aliphatic heterocycles.